The molecule has 1 aliphatic heterocycles. The Hall–Kier alpha value is -4.75. The molecule has 3 amide bonds. The molecule has 6 rings (SSSR count). The Kier molecular flexibility index (Phi) is 11.2. The minimum absolute atomic E-state index is 0.201. The highest BCUT2D eigenvalue weighted by atomic mass is 32.1. The van der Waals surface area contributed by atoms with Gasteiger partial charge in [0, 0.05) is 60.3 Å². The normalized spacial score (nSPS) is 13.8. The number of urea groups is 1. The number of nitrogens with zero attached hydrogens (tertiary/aromatic N) is 3. The van der Waals surface area contributed by atoms with Crippen LogP contribution in [-0.4, -0.2) is 62.3 Å². The van der Waals surface area contributed by atoms with Crippen LogP contribution in [0.25, 0.3) is 16.6 Å². The summed E-state index contributed by atoms with van der Waals surface area (Å²) in [5.74, 6) is 0.126. The van der Waals surface area contributed by atoms with Crippen molar-refractivity contribution in [2.45, 2.75) is 58.3 Å². The number of ether oxygens (including phenoxy) is 1. The van der Waals surface area contributed by atoms with Crippen LogP contribution in [-0.2, 0) is 13.2 Å². The van der Waals surface area contributed by atoms with Gasteiger partial charge in [0.1, 0.15) is 5.75 Å². The molecule has 256 valence electrons. The molecule has 12 heteroatoms. The molecule has 0 spiro atoms. The van der Waals surface area contributed by atoms with Gasteiger partial charge >= 0.3 is 6.03 Å². The molecule has 49 heavy (non-hydrogen) atoms. The van der Waals surface area contributed by atoms with Gasteiger partial charge in [-0.25, -0.2) is 9.78 Å². The van der Waals surface area contributed by atoms with Gasteiger partial charge in [0.25, 0.3) is 5.91 Å². The molecule has 0 bridgehead atoms. The molecular formula is C37H42N6O5S. The van der Waals surface area contributed by atoms with Gasteiger partial charge in [-0.15, -0.1) is 0 Å². The molecule has 0 atom stereocenters. The largest absolute Gasteiger partial charge is 0.445 e. The number of unbranched alkanes of at least 4 members (excludes halogenated alkanes) is 2. The van der Waals surface area contributed by atoms with Gasteiger partial charge in [-0.1, -0.05) is 49.3 Å². The van der Waals surface area contributed by atoms with Crippen molar-refractivity contribution >= 4 is 45.0 Å². The molecule has 5 N–H and O–H groups in total. The van der Waals surface area contributed by atoms with Crippen molar-refractivity contribution in [1.82, 2.24) is 19.8 Å². The van der Waals surface area contributed by atoms with E-state index >= 15 is 0 Å². The number of nitrogens with one attached hydrogen (secondary N) is 3. The maximum Gasteiger partial charge on any atom is 0.319 e. The minimum Gasteiger partial charge on any atom is -0.445 e. The van der Waals surface area contributed by atoms with Crippen molar-refractivity contribution in [2.75, 3.05) is 30.3 Å². The van der Waals surface area contributed by atoms with E-state index in [0.717, 1.165) is 62.9 Å². The number of benzene rings is 3. The fourth-order valence-electron chi connectivity index (χ4n) is 5.96. The van der Waals surface area contributed by atoms with Crippen LogP contribution in [0.4, 0.5) is 15.6 Å². The van der Waals surface area contributed by atoms with Crippen molar-refractivity contribution in [3.63, 3.8) is 0 Å². The summed E-state index contributed by atoms with van der Waals surface area (Å²) in [5.41, 5.74) is 4.81. The average molecular weight is 683 g/mol. The van der Waals surface area contributed by atoms with Crippen LogP contribution in [0.1, 0.15) is 60.5 Å². The van der Waals surface area contributed by atoms with Crippen molar-refractivity contribution in [1.29, 1.82) is 0 Å². The highest BCUT2D eigenvalue weighted by molar-refractivity contribution is 7.17. The predicted molar refractivity (Wildman–Crippen MR) is 193 cm³/mol. The molecule has 1 aliphatic rings. The molecule has 3 heterocycles. The maximum absolute atomic E-state index is 13.1. The monoisotopic (exact) mass is 682 g/mol. The standard InChI is InChI=1S/C37H42N6O5S/c1-2-3-6-17-38-36(47)40-28-11-14-33(26(20-28)24-44)48-34-21-39-37(49-34)41-35(46)25-9-12-29(13-10-25)43-23-27(31-7-4-5-8-32(31)43)22-42-18-15-30(45)16-19-42/h4-5,7-14,20-21,23,30,44-45H,2-3,6,15-19,22,24H2,1H3,(H2,38,40,47)(H,39,41,46). The van der Waals surface area contributed by atoms with Crippen LogP contribution in [0.5, 0.6) is 10.8 Å². The number of likely N-dealkylation sites (tertiary alicyclic amines) is 1. The third-order valence-electron chi connectivity index (χ3n) is 8.62. The Labute approximate surface area is 289 Å². The van der Waals surface area contributed by atoms with E-state index in [4.69, 9.17) is 4.74 Å². The number of fused-ring (bicyclic) bond motifs is 1. The molecule has 1 saturated heterocycles. The van der Waals surface area contributed by atoms with Gasteiger partial charge in [-0.3, -0.25) is 15.0 Å². The first-order chi connectivity index (χ1) is 23.9. The number of anilines is 2. The Balaban J connectivity index is 1.07. The van der Waals surface area contributed by atoms with Crippen molar-refractivity contribution in [3.05, 3.63) is 95.8 Å². The molecule has 1 fully saturated rings. The third kappa shape index (κ3) is 8.65. The van der Waals surface area contributed by atoms with Crippen LogP contribution < -0.4 is 20.7 Å². The van der Waals surface area contributed by atoms with Gasteiger partial charge < -0.3 is 30.2 Å². The lowest BCUT2D eigenvalue weighted by atomic mass is 10.1. The molecule has 2 aromatic heterocycles. The summed E-state index contributed by atoms with van der Waals surface area (Å²) >= 11 is 1.17. The second-order valence-electron chi connectivity index (χ2n) is 12.2. The fourth-order valence-corrected chi connectivity index (χ4v) is 6.63. The Morgan fingerprint density at radius 1 is 1.00 bits per heavy atom. The lowest BCUT2D eigenvalue weighted by Crippen LogP contribution is -2.35. The number of aliphatic hydroxyl groups excluding tert-OH is 2. The quantitative estimate of drug-likeness (QED) is 0.0852. The van der Waals surface area contributed by atoms with Gasteiger partial charge in [-0.05, 0) is 73.4 Å². The predicted octanol–water partition coefficient (Wildman–Crippen LogP) is 6.89. The Bertz CT molecular complexity index is 1880. The summed E-state index contributed by atoms with van der Waals surface area (Å²) in [6.07, 6.45) is 8.13. The van der Waals surface area contributed by atoms with Gasteiger partial charge in [-0.2, -0.15) is 0 Å². The maximum atomic E-state index is 13.1. The molecule has 0 radical (unpaired) electrons. The molecule has 0 aliphatic carbocycles. The molecular weight excluding hydrogens is 641 g/mol. The van der Waals surface area contributed by atoms with Gasteiger partial charge in [0.15, 0.2) is 5.13 Å². The topological polar surface area (TPSA) is 141 Å². The zero-order valence-corrected chi connectivity index (χ0v) is 28.3. The Morgan fingerprint density at radius 3 is 2.57 bits per heavy atom. The van der Waals surface area contributed by atoms with E-state index in [-0.39, 0.29) is 24.6 Å². The number of piperidine rings is 1. The smallest absolute Gasteiger partial charge is 0.319 e. The first-order valence-corrected chi connectivity index (χ1v) is 17.5. The van der Waals surface area contributed by atoms with E-state index in [1.54, 1.807) is 30.3 Å². The number of hydrogen-bond donors (Lipinski definition) is 5. The zero-order chi connectivity index (χ0) is 34.2. The second kappa shape index (κ2) is 16.1. The first-order valence-electron chi connectivity index (χ1n) is 16.7. The number of hydrogen-bond acceptors (Lipinski definition) is 8. The van der Waals surface area contributed by atoms with Crippen molar-refractivity contribution < 1.29 is 24.5 Å². The molecule has 3 aromatic carbocycles. The lowest BCUT2D eigenvalue weighted by Gasteiger charge is -2.29. The molecule has 0 unspecified atom stereocenters. The van der Waals surface area contributed by atoms with E-state index in [0.29, 0.717) is 39.3 Å². The molecule has 11 nitrogen and oxygen atoms in total. The SMILES string of the molecule is CCCCCNC(=O)Nc1ccc(Oc2cnc(NC(=O)c3ccc(-n4cc(CN5CCC(O)CC5)c5ccccc54)cc3)s2)c(CO)c1. The average Bonchev–Trinajstić information content (AvgIpc) is 3.72. The molecule has 5 aromatic rings. The van der Waals surface area contributed by atoms with Crippen LogP contribution >= 0.6 is 11.3 Å². The van der Waals surface area contributed by atoms with E-state index in [2.05, 4.69) is 61.7 Å². The number of aromatic nitrogens is 2. The summed E-state index contributed by atoms with van der Waals surface area (Å²) in [5, 5.41) is 30.3. The van der Waals surface area contributed by atoms with E-state index in [1.165, 1.54) is 28.5 Å². The van der Waals surface area contributed by atoms with Crippen LogP contribution in [0.3, 0.4) is 0 Å². The summed E-state index contributed by atoms with van der Waals surface area (Å²) < 4.78 is 8.13. The third-order valence-corrected chi connectivity index (χ3v) is 9.41. The number of amides is 3. The number of aliphatic hydroxyl groups is 2. The molecule has 0 saturated carbocycles. The van der Waals surface area contributed by atoms with Crippen LogP contribution in [0, 0.1) is 0 Å². The van der Waals surface area contributed by atoms with Crippen LogP contribution in [0.15, 0.2) is 79.1 Å². The number of thiazole rings is 1. The minimum atomic E-state index is -0.301. The number of carbonyl (C=O) groups excluding carboxylic acids is 2. The van der Waals surface area contributed by atoms with Crippen LogP contribution in [0.2, 0.25) is 0 Å². The number of carbonyl (C=O) groups is 2. The fraction of sp³-hybridized carbons (Fsp3) is 0.324. The summed E-state index contributed by atoms with van der Waals surface area (Å²) in [6, 6.07) is 20.5. The van der Waals surface area contributed by atoms with Crippen molar-refractivity contribution in [3.8, 4) is 16.5 Å². The van der Waals surface area contributed by atoms with Gasteiger partial charge in [0.05, 0.1) is 24.4 Å². The highest BCUT2D eigenvalue weighted by Gasteiger charge is 2.20. The van der Waals surface area contributed by atoms with E-state index in [1.807, 2.05) is 18.2 Å². The number of para-hydroxylation sites is 1. The summed E-state index contributed by atoms with van der Waals surface area (Å²) in [6.45, 7) is 5.00. The number of rotatable bonds is 13. The van der Waals surface area contributed by atoms with Crippen molar-refractivity contribution in [2.24, 2.45) is 0 Å². The summed E-state index contributed by atoms with van der Waals surface area (Å²) in [7, 11) is 0. The second-order valence-corrected chi connectivity index (χ2v) is 13.2. The van der Waals surface area contributed by atoms with E-state index in [9.17, 15) is 19.8 Å². The summed E-state index contributed by atoms with van der Waals surface area (Å²) in [4.78, 5) is 32.0. The van der Waals surface area contributed by atoms with E-state index < -0.39 is 0 Å². The highest BCUT2D eigenvalue weighted by Crippen LogP contribution is 2.34. The van der Waals surface area contributed by atoms with Gasteiger partial charge in [0.2, 0.25) is 5.06 Å². The first kappa shape index (κ1) is 34.1. The Morgan fingerprint density at radius 2 is 1.80 bits per heavy atom. The lowest BCUT2D eigenvalue weighted by molar-refractivity contribution is 0.0794. The zero-order valence-electron chi connectivity index (χ0n) is 27.5.